The van der Waals surface area contributed by atoms with Crippen LogP contribution in [0.4, 0.5) is 11.6 Å². The van der Waals surface area contributed by atoms with Gasteiger partial charge in [-0.2, -0.15) is 0 Å². The molecular weight excluding hydrogens is 464 g/mol. The largest absolute Gasteiger partial charge is 0.497 e. The van der Waals surface area contributed by atoms with E-state index in [-0.39, 0.29) is 23.5 Å². The number of anilines is 2. The number of benzene rings is 2. The zero-order valence-electron chi connectivity index (χ0n) is 19.9. The number of ether oxygens (including phenoxy) is 1. The number of carbonyl (C=O) groups excluding carboxylic acids is 2. The Morgan fingerprint density at radius 2 is 1.97 bits per heavy atom. The van der Waals surface area contributed by atoms with Crippen LogP contribution >= 0.6 is 11.8 Å². The summed E-state index contributed by atoms with van der Waals surface area (Å²) in [6.07, 6.45) is 1.75. The van der Waals surface area contributed by atoms with Crippen molar-refractivity contribution in [1.82, 2.24) is 5.16 Å². The maximum absolute atomic E-state index is 13.4. The van der Waals surface area contributed by atoms with Crippen LogP contribution in [0.2, 0.25) is 0 Å². The van der Waals surface area contributed by atoms with E-state index in [1.807, 2.05) is 24.3 Å². The quantitative estimate of drug-likeness (QED) is 0.456. The molecule has 9 heteroatoms. The Kier molecular flexibility index (Phi) is 7.36. The Morgan fingerprint density at radius 3 is 2.63 bits per heavy atom. The van der Waals surface area contributed by atoms with E-state index in [0.29, 0.717) is 33.9 Å². The summed E-state index contributed by atoms with van der Waals surface area (Å²) in [5.41, 5.74) is 3.65. The highest BCUT2D eigenvalue weighted by atomic mass is 32.2. The molecule has 8 nitrogen and oxygen atoms in total. The van der Waals surface area contributed by atoms with Crippen LogP contribution in [0, 0.1) is 6.92 Å². The summed E-state index contributed by atoms with van der Waals surface area (Å²) < 4.78 is 10.4. The topological polar surface area (TPSA) is 97.0 Å². The smallest absolute Gasteiger partial charge is 0.283 e. The van der Waals surface area contributed by atoms with Gasteiger partial charge in [0.15, 0.2) is 5.17 Å². The van der Waals surface area contributed by atoms with E-state index < -0.39 is 0 Å². The number of aliphatic imine (C=N–C) groups is 1. The van der Waals surface area contributed by atoms with Gasteiger partial charge < -0.3 is 9.26 Å². The molecule has 2 heterocycles. The van der Waals surface area contributed by atoms with E-state index in [1.165, 1.54) is 10.5 Å². The molecule has 0 bridgehead atoms. The summed E-state index contributed by atoms with van der Waals surface area (Å²) in [5.74, 6) is 0.755. The van der Waals surface area contributed by atoms with Gasteiger partial charge in [0.2, 0.25) is 11.8 Å². The number of thioether (sulfide) groups is 1. The third-order valence-corrected chi connectivity index (χ3v) is 6.21. The van der Waals surface area contributed by atoms with Crippen LogP contribution in [-0.4, -0.2) is 35.0 Å². The van der Waals surface area contributed by atoms with Gasteiger partial charge in [-0.3, -0.25) is 19.8 Å². The fourth-order valence-corrected chi connectivity index (χ4v) is 4.24. The molecule has 1 N–H and O–H groups in total. The van der Waals surface area contributed by atoms with Crippen LogP contribution in [0.5, 0.6) is 5.75 Å². The average Bonchev–Trinajstić information content (AvgIpc) is 3.40. The SMILES string of the molecule is COc1cccc(N2C(=O)/C(=C\c3ccc(C(C)C)cc3)N=C2SCC(=O)Nc2cc(C)no2)c1. The number of hydrogen-bond donors (Lipinski definition) is 1. The molecule has 2 amide bonds. The lowest BCUT2D eigenvalue weighted by molar-refractivity contribution is -0.114. The van der Waals surface area contributed by atoms with Crippen LogP contribution in [0.1, 0.15) is 36.6 Å². The monoisotopic (exact) mass is 490 g/mol. The van der Waals surface area contributed by atoms with Crippen LogP contribution in [-0.2, 0) is 9.59 Å². The van der Waals surface area contributed by atoms with Crippen molar-refractivity contribution in [2.45, 2.75) is 26.7 Å². The fraction of sp³-hybridized carbons (Fsp3) is 0.231. The summed E-state index contributed by atoms with van der Waals surface area (Å²) in [6, 6.07) is 16.8. The zero-order chi connectivity index (χ0) is 24.9. The molecule has 0 fully saturated rings. The Balaban J connectivity index is 1.59. The number of rotatable bonds is 7. The minimum Gasteiger partial charge on any atom is -0.497 e. The van der Waals surface area contributed by atoms with Gasteiger partial charge in [0.1, 0.15) is 11.4 Å². The van der Waals surface area contributed by atoms with E-state index in [9.17, 15) is 9.59 Å². The van der Waals surface area contributed by atoms with E-state index in [0.717, 1.165) is 17.3 Å². The number of methoxy groups -OCH3 is 1. The van der Waals surface area contributed by atoms with Gasteiger partial charge in [0.05, 0.1) is 24.2 Å². The van der Waals surface area contributed by atoms with Gasteiger partial charge in [-0.25, -0.2) is 4.99 Å². The molecule has 3 aromatic rings. The van der Waals surface area contributed by atoms with Gasteiger partial charge in [0, 0.05) is 12.1 Å². The number of nitrogens with zero attached hydrogens (tertiary/aromatic N) is 3. The molecule has 0 radical (unpaired) electrons. The predicted octanol–water partition coefficient (Wildman–Crippen LogP) is 5.23. The molecule has 1 aromatic heterocycles. The van der Waals surface area contributed by atoms with Crippen LogP contribution in [0.3, 0.4) is 0 Å². The maximum atomic E-state index is 13.4. The number of aromatic nitrogens is 1. The van der Waals surface area contributed by atoms with Crippen molar-refractivity contribution in [2.24, 2.45) is 4.99 Å². The summed E-state index contributed by atoms with van der Waals surface area (Å²) in [7, 11) is 1.57. The minimum absolute atomic E-state index is 0.0305. The van der Waals surface area contributed by atoms with Crippen molar-refractivity contribution in [1.29, 1.82) is 0 Å². The fourth-order valence-electron chi connectivity index (χ4n) is 3.43. The van der Waals surface area contributed by atoms with Crippen LogP contribution in [0.15, 0.2) is 69.8 Å². The first-order valence-electron chi connectivity index (χ1n) is 11.1. The number of amides is 2. The van der Waals surface area contributed by atoms with E-state index in [2.05, 4.69) is 29.3 Å². The molecule has 0 spiro atoms. The molecule has 0 saturated carbocycles. The normalized spacial score (nSPS) is 14.5. The Bertz CT molecular complexity index is 1290. The van der Waals surface area contributed by atoms with Crippen molar-refractivity contribution >= 4 is 46.4 Å². The lowest BCUT2D eigenvalue weighted by Crippen LogP contribution is -2.31. The first-order chi connectivity index (χ1) is 16.8. The molecule has 0 saturated heterocycles. The molecule has 4 rings (SSSR count). The zero-order valence-corrected chi connectivity index (χ0v) is 20.8. The summed E-state index contributed by atoms with van der Waals surface area (Å²) in [4.78, 5) is 31.9. The maximum Gasteiger partial charge on any atom is 0.283 e. The average molecular weight is 491 g/mol. The van der Waals surface area contributed by atoms with Gasteiger partial charge >= 0.3 is 0 Å². The van der Waals surface area contributed by atoms with Gasteiger partial charge in [-0.05, 0) is 42.2 Å². The highest BCUT2D eigenvalue weighted by Crippen LogP contribution is 2.31. The lowest BCUT2D eigenvalue weighted by atomic mass is 10.0. The first kappa shape index (κ1) is 24.3. The van der Waals surface area contributed by atoms with Gasteiger partial charge in [-0.1, -0.05) is 61.1 Å². The lowest BCUT2D eigenvalue weighted by Gasteiger charge is -2.18. The second-order valence-electron chi connectivity index (χ2n) is 8.26. The molecule has 35 heavy (non-hydrogen) atoms. The van der Waals surface area contributed by atoms with Crippen molar-refractivity contribution < 1.29 is 18.8 Å². The van der Waals surface area contributed by atoms with Crippen molar-refractivity contribution in [3.8, 4) is 5.75 Å². The second kappa shape index (κ2) is 10.6. The summed E-state index contributed by atoms with van der Waals surface area (Å²) in [6.45, 7) is 6.03. The van der Waals surface area contributed by atoms with Gasteiger partial charge in [-0.15, -0.1) is 0 Å². The number of nitrogens with one attached hydrogen (secondary N) is 1. The Hall–Kier alpha value is -3.85. The van der Waals surface area contributed by atoms with E-state index in [4.69, 9.17) is 9.26 Å². The van der Waals surface area contributed by atoms with Gasteiger partial charge in [0.25, 0.3) is 5.91 Å². The predicted molar refractivity (Wildman–Crippen MR) is 139 cm³/mol. The van der Waals surface area contributed by atoms with Crippen molar-refractivity contribution in [3.63, 3.8) is 0 Å². The highest BCUT2D eigenvalue weighted by Gasteiger charge is 2.32. The van der Waals surface area contributed by atoms with Crippen LogP contribution < -0.4 is 15.0 Å². The standard InChI is InChI=1S/C26H26N4O4S/c1-16(2)19-10-8-18(9-11-19)13-22-25(32)30(20-6-5-7-21(14-20)33-4)26(27-22)35-15-23(31)28-24-12-17(3)29-34-24/h5-14,16H,15H2,1-4H3,(H,28,31)/b22-13+. The van der Waals surface area contributed by atoms with Crippen molar-refractivity contribution in [2.75, 3.05) is 23.1 Å². The molecule has 0 atom stereocenters. The third-order valence-electron chi connectivity index (χ3n) is 5.27. The summed E-state index contributed by atoms with van der Waals surface area (Å²) in [5, 5.41) is 6.81. The number of hydrogen-bond acceptors (Lipinski definition) is 7. The second-order valence-corrected chi connectivity index (χ2v) is 9.20. The summed E-state index contributed by atoms with van der Waals surface area (Å²) >= 11 is 1.16. The Labute approximate surface area is 208 Å². The first-order valence-corrected chi connectivity index (χ1v) is 12.1. The minimum atomic E-state index is -0.298. The molecular formula is C26H26N4O4S. The van der Waals surface area contributed by atoms with Crippen LogP contribution in [0.25, 0.3) is 6.08 Å². The highest BCUT2D eigenvalue weighted by molar-refractivity contribution is 8.14. The number of amidine groups is 1. The third kappa shape index (κ3) is 5.81. The molecule has 2 aromatic carbocycles. The number of aryl methyl sites for hydroxylation is 1. The number of carbonyl (C=O) groups is 2. The molecule has 0 unspecified atom stereocenters. The van der Waals surface area contributed by atoms with E-state index >= 15 is 0 Å². The molecule has 1 aliphatic heterocycles. The Morgan fingerprint density at radius 1 is 1.20 bits per heavy atom. The molecule has 0 aliphatic carbocycles. The molecule has 1 aliphatic rings. The molecule has 180 valence electrons. The van der Waals surface area contributed by atoms with E-state index in [1.54, 1.807) is 50.4 Å². The van der Waals surface area contributed by atoms with Crippen molar-refractivity contribution in [3.05, 3.63) is 77.1 Å².